The summed E-state index contributed by atoms with van der Waals surface area (Å²) in [6, 6.07) is 18.7. The van der Waals surface area contributed by atoms with Gasteiger partial charge in [0.1, 0.15) is 12.4 Å². The van der Waals surface area contributed by atoms with E-state index in [9.17, 15) is 29.8 Å². The Kier molecular flexibility index (Phi) is 9.68. The molecule has 44 heavy (non-hydrogen) atoms. The van der Waals surface area contributed by atoms with Crippen LogP contribution in [0.4, 0.5) is 11.4 Å². The average Bonchev–Trinajstić information content (AvgIpc) is 3.04. The molecule has 5 rings (SSSR count). The highest BCUT2D eigenvalue weighted by molar-refractivity contribution is 6.15. The number of nitro groups is 2. The van der Waals surface area contributed by atoms with Crippen LogP contribution >= 0.6 is 0 Å². The van der Waals surface area contributed by atoms with Gasteiger partial charge in [-0.1, -0.05) is 0 Å². The number of hydrogen-bond donors (Lipinski definition) is 0. The van der Waals surface area contributed by atoms with Gasteiger partial charge in [-0.05, 0) is 84.7 Å². The summed E-state index contributed by atoms with van der Waals surface area (Å²) in [5.41, 5.74) is 2.36. The molecule has 11 heteroatoms. The number of hydrogen-bond acceptors (Lipinski definition) is 9. The fourth-order valence-corrected chi connectivity index (χ4v) is 5.28. The summed E-state index contributed by atoms with van der Waals surface area (Å²) in [5, 5.41) is 22.1. The van der Waals surface area contributed by atoms with Crippen molar-refractivity contribution >= 4 is 35.1 Å². The molecule has 1 aliphatic heterocycles. The molecule has 3 aromatic rings. The number of carbonyl (C=O) groups is 2. The summed E-state index contributed by atoms with van der Waals surface area (Å²) in [7, 11) is 0. The van der Waals surface area contributed by atoms with E-state index in [4.69, 9.17) is 9.47 Å². The molecule has 0 atom stereocenters. The highest BCUT2D eigenvalue weighted by atomic mass is 16.6. The second-order valence-corrected chi connectivity index (χ2v) is 10.7. The van der Waals surface area contributed by atoms with Gasteiger partial charge in [0, 0.05) is 66.5 Å². The minimum Gasteiger partial charge on any atom is -0.492 e. The van der Waals surface area contributed by atoms with E-state index in [1.165, 1.54) is 24.3 Å². The van der Waals surface area contributed by atoms with Crippen LogP contribution in [0.15, 0.2) is 83.9 Å². The molecule has 11 nitrogen and oxygen atoms in total. The average molecular weight is 598 g/mol. The molecule has 0 bridgehead atoms. The Morgan fingerprint density at radius 3 is 1.80 bits per heavy atom. The minimum absolute atomic E-state index is 0.0672. The van der Waals surface area contributed by atoms with Crippen LogP contribution in [0.25, 0.3) is 12.2 Å². The van der Waals surface area contributed by atoms with Gasteiger partial charge in [0.2, 0.25) is 0 Å². The highest BCUT2D eigenvalue weighted by Crippen LogP contribution is 2.35. The fourth-order valence-electron chi connectivity index (χ4n) is 5.28. The Balaban J connectivity index is 1.35. The summed E-state index contributed by atoms with van der Waals surface area (Å²) in [6.45, 7) is 4.50. The van der Waals surface area contributed by atoms with Gasteiger partial charge in [-0.3, -0.25) is 34.7 Å². The van der Waals surface area contributed by atoms with E-state index in [0.29, 0.717) is 40.2 Å². The van der Waals surface area contributed by atoms with Gasteiger partial charge < -0.3 is 9.47 Å². The first kappa shape index (κ1) is 30.5. The van der Waals surface area contributed by atoms with Gasteiger partial charge in [0.15, 0.2) is 11.6 Å². The zero-order valence-electron chi connectivity index (χ0n) is 23.9. The predicted molar refractivity (Wildman–Crippen MR) is 163 cm³/mol. The van der Waals surface area contributed by atoms with Crippen molar-refractivity contribution in [2.75, 3.05) is 39.5 Å². The van der Waals surface area contributed by atoms with E-state index in [2.05, 4.69) is 4.90 Å². The van der Waals surface area contributed by atoms with Gasteiger partial charge in [0.05, 0.1) is 23.1 Å². The van der Waals surface area contributed by atoms with Crippen LogP contribution in [-0.2, 0) is 9.53 Å². The zero-order valence-corrected chi connectivity index (χ0v) is 23.9. The topological polar surface area (TPSA) is 142 Å². The number of allylic oxidation sites excluding steroid dienone is 2. The van der Waals surface area contributed by atoms with Crippen LogP contribution in [0, 0.1) is 26.1 Å². The number of ketones is 2. The van der Waals surface area contributed by atoms with Gasteiger partial charge >= 0.3 is 0 Å². The van der Waals surface area contributed by atoms with Crippen LogP contribution in [0.5, 0.6) is 5.75 Å². The SMILES string of the molecule is O=C1/C(=C/c2ccc([N+](=O)[O-])cc2)CC(C(=O)c2ccc(OCCN3CCOCC3)cc2)C/C1=C\c1ccc([N+](=O)[O-])cc1. The molecule has 0 amide bonds. The van der Waals surface area contributed by atoms with Crippen molar-refractivity contribution in [2.45, 2.75) is 12.8 Å². The number of benzene rings is 3. The molecule has 2 aliphatic rings. The normalized spacial score (nSPS) is 19.2. The van der Waals surface area contributed by atoms with Crippen molar-refractivity contribution in [3.05, 3.63) is 121 Å². The lowest BCUT2D eigenvalue weighted by Crippen LogP contribution is -2.38. The lowest BCUT2D eigenvalue weighted by atomic mass is 9.76. The van der Waals surface area contributed by atoms with Gasteiger partial charge in [0.25, 0.3) is 11.4 Å². The standard InChI is InChI=1S/C33H31N3O8/c37-32(25-5-11-31(12-6-25)44-18-15-34-13-16-43-17-14-34)28-21-26(19-23-1-7-29(8-2-23)35(39)40)33(38)27(22-28)20-24-3-9-30(10-4-24)36(41)42/h1-12,19-20,28H,13-18,21-22H2/b26-19+,27-20+. The van der Waals surface area contributed by atoms with Gasteiger partial charge in [-0.25, -0.2) is 0 Å². The molecular formula is C33H31N3O8. The first-order valence-electron chi connectivity index (χ1n) is 14.3. The molecule has 0 N–H and O–H groups in total. The second kappa shape index (κ2) is 14.0. The summed E-state index contributed by atoms with van der Waals surface area (Å²) in [4.78, 5) is 50.7. The molecule has 3 aromatic carbocycles. The van der Waals surface area contributed by atoms with Crippen LogP contribution in [-0.4, -0.2) is 65.8 Å². The summed E-state index contributed by atoms with van der Waals surface area (Å²) in [6.07, 6.45) is 3.70. The Hall–Kier alpha value is -5.00. The number of Topliss-reactive ketones (excluding diaryl/α,β-unsaturated/α-hetero) is 2. The Labute approximate surface area is 253 Å². The smallest absolute Gasteiger partial charge is 0.269 e. The number of morpholine rings is 1. The van der Waals surface area contributed by atoms with Crippen LogP contribution in [0.3, 0.4) is 0 Å². The molecule has 2 fully saturated rings. The summed E-state index contributed by atoms with van der Waals surface area (Å²) in [5.74, 6) is -0.239. The van der Waals surface area contributed by atoms with E-state index in [0.717, 1.165) is 32.8 Å². The Morgan fingerprint density at radius 1 is 0.818 bits per heavy atom. The van der Waals surface area contributed by atoms with E-state index < -0.39 is 15.8 Å². The molecule has 1 heterocycles. The van der Waals surface area contributed by atoms with Crippen molar-refractivity contribution in [1.29, 1.82) is 0 Å². The van der Waals surface area contributed by atoms with Crippen LogP contribution in [0.1, 0.15) is 34.3 Å². The Bertz CT molecular complexity index is 1510. The molecule has 226 valence electrons. The third-order valence-corrected chi connectivity index (χ3v) is 7.70. The first-order chi connectivity index (χ1) is 21.3. The lowest BCUT2D eigenvalue weighted by Gasteiger charge is -2.26. The lowest BCUT2D eigenvalue weighted by molar-refractivity contribution is -0.385. The largest absolute Gasteiger partial charge is 0.492 e. The van der Waals surface area contributed by atoms with Gasteiger partial charge in [-0.2, -0.15) is 0 Å². The molecular weight excluding hydrogens is 566 g/mol. The number of rotatable bonds is 10. The fraction of sp³-hybridized carbons (Fsp3) is 0.273. The van der Waals surface area contributed by atoms with Crippen molar-refractivity contribution in [2.24, 2.45) is 5.92 Å². The molecule has 0 radical (unpaired) electrons. The molecule has 0 unspecified atom stereocenters. The van der Waals surface area contributed by atoms with Crippen molar-refractivity contribution in [3.63, 3.8) is 0 Å². The summed E-state index contributed by atoms with van der Waals surface area (Å²) < 4.78 is 11.2. The number of nitro benzene ring substituents is 2. The maximum atomic E-state index is 13.7. The quantitative estimate of drug-likeness (QED) is 0.127. The van der Waals surface area contributed by atoms with Crippen molar-refractivity contribution < 1.29 is 28.9 Å². The van der Waals surface area contributed by atoms with Crippen LogP contribution in [0.2, 0.25) is 0 Å². The number of nitrogens with zero attached hydrogens (tertiary/aromatic N) is 3. The minimum atomic E-state index is -0.533. The predicted octanol–water partition coefficient (Wildman–Crippen LogP) is 5.54. The third kappa shape index (κ3) is 7.68. The third-order valence-electron chi connectivity index (χ3n) is 7.70. The Morgan fingerprint density at radius 2 is 1.32 bits per heavy atom. The van der Waals surface area contributed by atoms with Gasteiger partial charge in [-0.15, -0.1) is 0 Å². The van der Waals surface area contributed by atoms with E-state index in [1.54, 1.807) is 60.7 Å². The van der Waals surface area contributed by atoms with Crippen molar-refractivity contribution in [1.82, 2.24) is 4.90 Å². The number of non-ortho nitro benzene ring substituents is 2. The van der Waals surface area contributed by atoms with E-state index in [1.807, 2.05) is 0 Å². The monoisotopic (exact) mass is 597 g/mol. The molecule has 0 spiro atoms. The van der Waals surface area contributed by atoms with E-state index >= 15 is 0 Å². The first-order valence-corrected chi connectivity index (χ1v) is 14.3. The zero-order chi connectivity index (χ0) is 31.1. The summed E-state index contributed by atoms with van der Waals surface area (Å²) >= 11 is 0. The highest BCUT2D eigenvalue weighted by Gasteiger charge is 2.32. The molecule has 0 aromatic heterocycles. The molecule has 1 saturated heterocycles. The van der Waals surface area contributed by atoms with Crippen molar-refractivity contribution in [3.8, 4) is 5.75 Å². The number of ether oxygens (including phenoxy) is 2. The van der Waals surface area contributed by atoms with E-state index in [-0.39, 0.29) is 35.8 Å². The molecule has 1 saturated carbocycles. The number of carbonyl (C=O) groups excluding carboxylic acids is 2. The van der Waals surface area contributed by atoms with Crippen LogP contribution < -0.4 is 4.74 Å². The second-order valence-electron chi connectivity index (χ2n) is 10.7. The maximum Gasteiger partial charge on any atom is 0.269 e. The maximum absolute atomic E-state index is 13.7. The molecule has 1 aliphatic carbocycles.